The van der Waals surface area contributed by atoms with Crippen molar-refractivity contribution in [2.45, 2.75) is 362 Å². The van der Waals surface area contributed by atoms with E-state index in [4.69, 9.17) is 15.0 Å². The number of carbonyl (C=O) groups excluding carboxylic acids is 7. The Bertz CT molecular complexity index is 2940. The van der Waals surface area contributed by atoms with E-state index >= 15 is 0 Å². The van der Waals surface area contributed by atoms with E-state index in [0.29, 0.717) is 91.7 Å². The largest absolute Gasteiger partial charge is 0.341 e. The van der Waals surface area contributed by atoms with Crippen LogP contribution in [0.25, 0.3) is 0 Å². The van der Waals surface area contributed by atoms with Crippen LogP contribution in [0.5, 0.6) is 0 Å². The van der Waals surface area contributed by atoms with E-state index in [1.807, 2.05) is 107 Å². The second-order valence-electron chi connectivity index (χ2n) is 35.6. The number of Topliss-reactive ketones (excluding diaryl/α,β-unsaturated/α-hetero) is 6. The van der Waals surface area contributed by atoms with Gasteiger partial charge in [0.2, 0.25) is 22.8 Å². The first kappa shape index (κ1) is 85.4. The average Bonchev–Trinajstić information content (AvgIpc) is 1.15. The molecule has 7 saturated heterocycles. The van der Waals surface area contributed by atoms with Crippen molar-refractivity contribution >= 4 is 82.1 Å². The third-order valence-electron chi connectivity index (χ3n) is 24.5. The summed E-state index contributed by atoms with van der Waals surface area (Å²) in [5, 5.41) is 28.6. The molecule has 598 valence electrons. The first-order chi connectivity index (χ1) is 50.3. The number of unbranched alkanes of at least 4 members (excludes halogenated alkanes) is 8. The fourth-order valence-electron chi connectivity index (χ4n) is 16.7. The summed E-state index contributed by atoms with van der Waals surface area (Å²) in [6.07, 6.45) is 25.1. The minimum atomic E-state index is -0.690. The molecule has 25 nitrogen and oxygen atoms in total. The van der Waals surface area contributed by atoms with Gasteiger partial charge in [0.25, 0.3) is 0 Å². The van der Waals surface area contributed by atoms with Crippen LogP contribution in [0.4, 0.5) is 22.6 Å². The zero-order valence-corrected chi connectivity index (χ0v) is 68.6. The van der Waals surface area contributed by atoms with Crippen molar-refractivity contribution in [1.29, 1.82) is 0 Å². The number of rotatable bonds is 48. The van der Waals surface area contributed by atoms with Gasteiger partial charge in [0.1, 0.15) is 12.1 Å². The first-order valence-electron chi connectivity index (χ1n) is 41.4. The summed E-state index contributed by atoms with van der Waals surface area (Å²) >= 11 is 3.81. The number of nitrogens with one attached hydrogen (secondary N) is 10. The van der Waals surface area contributed by atoms with Crippen molar-refractivity contribution < 1.29 is 38.5 Å². The highest BCUT2D eigenvalue weighted by Crippen LogP contribution is 2.36. The molecule has 1 aliphatic carbocycles. The van der Waals surface area contributed by atoms with Crippen LogP contribution < -0.4 is 68.1 Å². The Morgan fingerprint density at radius 2 is 0.755 bits per heavy atom. The molecule has 1 saturated carbocycles. The van der Waals surface area contributed by atoms with E-state index in [0.717, 1.165) is 197 Å². The van der Waals surface area contributed by atoms with Crippen LogP contribution in [-0.2, 0) is 28.8 Å². The van der Waals surface area contributed by atoms with Gasteiger partial charge in [-0.1, -0.05) is 51.4 Å². The molecule has 10 N–H and O–H groups in total. The predicted octanol–water partition coefficient (Wildman–Crippen LogP) is 9.21. The Morgan fingerprint density at radius 3 is 1.12 bits per heavy atom. The Balaban J connectivity index is 0.706. The Morgan fingerprint density at radius 1 is 0.415 bits per heavy atom. The lowest BCUT2D eigenvalue weighted by Crippen LogP contribution is -2.55. The normalized spacial score (nSPS) is 23.1. The molecule has 8 aliphatic rings. The number of fused-ring (bicyclic) bond motifs is 2. The molecule has 6 unspecified atom stereocenters. The maximum Gasteiger partial charge on any atom is 0.315 e. The van der Waals surface area contributed by atoms with E-state index in [1.165, 1.54) is 19.3 Å². The molecule has 2 amide bonds. The SMILES string of the molecule is CC(C)(NCCCCCC(=O)C(C)(C)NC1CCN(c2nc(N3CCC(NC(C)(C)C(=O)CCCCCNC(C)(C)C(=O)CCCCC4SCC5N[N+](=O)NC54)CC3)nc(N3CCC(NC(C)(C)C(=O)CCCCCNC(C)(C)C(=O)CC4CCC4)CC3)n2)CC1)C(=O)CCCCC1SCC2NC(=O)NC21. The number of hydrogen-bond acceptors (Lipinski definition) is 22. The van der Waals surface area contributed by atoms with E-state index in [9.17, 15) is 38.5 Å². The Hall–Kier alpha value is -4.64. The van der Waals surface area contributed by atoms with Crippen molar-refractivity contribution in [3.63, 3.8) is 0 Å². The van der Waals surface area contributed by atoms with Gasteiger partial charge in [-0.25, -0.2) is 4.79 Å². The Kier molecular flexibility index (Phi) is 31.4. The molecule has 7 aliphatic heterocycles. The topological polar surface area (TPSA) is 308 Å². The molecule has 0 spiro atoms. The van der Waals surface area contributed by atoms with Crippen LogP contribution in [0.3, 0.4) is 0 Å². The molecule has 1 aromatic rings. The summed E-state index contributed by atoms with van der Waals surface area (Å²) in [5.41, 5.74) is 2.11. The van der Waals surface area contributed by atoms with Gasteiger partial charge in [-0.15, -0.1) is 10.9 Å². The minimum absolute atomic E-state index is 0.0660. The summed E-state index contributed by atoms with van der Waals surface area (Å²) < 4.78 is 0. The summed E-state index contributed by atoms with van der Waals surface area (Å²) in [7, 11) is 0. The fraction of sp³-hybridized carbons (Fsp3) is 0.873. The minimum Gasteiger partial charge on any atom is -0.341 e. The predicted molar refractivity (Wildman–Crippen MR) is 427 cm³/mol. The molecule has 0 bridgehead atoms. The van der Waals surface area contributed by atoms with Crippen molar-refractivity contribution in [1.82, 2.24) is 68.3 Å². The molecular formula is C79H138N17O8S2+. The number of amides is 2. The smallest absolute Gasteiger partial charge is 0.315 e. The molecule has 0 radical (unpaired) electrons. The molecule has 8 heterocycles. The zero-order valence-electron chi connectivity index (χ0n) is 67.0. The zero-order chi connectivity index (χ0) is 76.5. The van der Waals surface area contributed by atoms with Crippen molar-refractivity contribution in [3.8, 4) is 0 Å². The quantitative estimate of drug-likeness (QED) is 0.0165. The number of aromatic nitrogens is 3. The van der Waals surface area contributed by atoms with Crippen LogP contribution in [-0.4, -0.2) is 217 Å². The second-order valence-corrected chi connectivity index (χ2v) is 38.2. The number of piperidine rings is 3. The van der Waals surface area contributed by atoms with Gasteiger partial charge in [0, 0.05) is 118 Å². The molecular weight excluding hydrogens is 1380 g/mol. The summed E-state index contributed by atoms with van der Waals surface area (Å²) in [5.74, 6) is 5.77. The number of anilines is 3. The van der Waals surface area contributed by atoms with Gasteiger partial charge in [-0.3, -0.25) is 28.8 Å². The van der Waals surface area contributed by atoms with Crippen molar-refractivity contribution in [2.75, 3.05) is 85.1 Å². The molecule has 9 rings (SSSR count). The van der Waals surface area contributed by atoms with E-state index in [-0.39, 0.29) is 77.2 Å². The number of hydrogen-bond donors (Lipinski definition) is 10. The number of urea groups is 1. The molecule has 6 atom stereocenters. The maximum atomic E-state index is 13.8. The van der Waals surface area contributed by atoms with E-state index in [2.05, 4.69) is 68.1 Å². The maximum absolute atomic E-state index is 13.8. The third kappa shape index (κ3) is 24.9. The lowest BCUT2D eigenvalue weighted by atomic mass is 9.79. The average molecular weight is 1520 g/mol. The van der Waals surface area contributed by atoms with Gasteiger partial charge in [0.05, 0.1) is 50.2 Å². The third-order valence-corrected chi connectivity index (χ3v) is 27.6. The van der Waals surface area contributed by atoms with Crippen LogP contribution in [0.2, 0.25) is 0 Å². The van der Waals surface area contributed by atoms with Gasteiger partial charge in [-0.2, -0.15) is 38.5 Å². The van der Waals surface area contributed by atoms with Gasteiger partial charge in [-0.05, 0) is 211 Å². The van der Waals surface area contributed by atoms with Crippen molar-refractivity contribution in [3.05, 3.63) is 4.91 Å². The molecule has 1 aromatic heterocycles. The molecule has 8 fully saturated rings. The summed E-state index contributed by atoms with van der Waals surface area (Å²) in [4.78, 5) is 128. The Labute approximate surface area is 643 Å². The lowest BCUT2D eigenvalue weighted by molar-refractivity contribution is -0.642. The number of nitroso groups, excluding NO2 is 1. The fourth-order valence-corrected chi connectivity index (χ4v) is 19.8. The number of hydrazine groups is 2. The first-order valence-corrected chi connectivity index (χ1v) is 43.5. The van der Waals surface area contributed by atoms with E-state index < -0.39 is 33.2 Å². The van der Waals surface area contributed by atoms with Gasteiger partial charge >= 0.3 is 6.03 Å². The molecule has 0 aromatic carbocycles. The van der Waals surface area contributed by atoms with Crippen LogP contribution in [0.1, 0.15) is 276 Å². The number of ketones is 6. The van der Waals surface area contributed by atoms with Crippen LogP contribution >= 0.6 is 23.5 Å². The summed E-state index contributed by atoms with van der Waals surface area (Å²) in [6.45, 7) is 30.5. The molecule has 27 heteroatoms. The van der Waals surface area contributed by atoms with Crippen LogP contribution in [0, 0.1) is 10.8 Å². The van der Waals surface area contributed by atoms with Crippen LogP contribution in [0.15, 0.2) is 0 Å². The highest BCUT2D eigenvalue weighted by Gasteiger charge is 2.49. The van der Waals surface area contributed by atoms with Gasteiger partial charge < -0.3 is 57.2 Å². The van der Waals surface area contributed by atoms with Crippen molar-refractivity contribution in [2.24, 2.45) is 5.92 Å². The lowest BCUT2D eigenvalue weighted by Gasteiger charge is -2.39. The highest BCUT2D eigenvalue weighted by atomic mass is 32.2. The number of nitrogens with zero attached hydrogens (tertiary/aromatic N) is 7. The van der Waals surface area contributed by atoms with Gasteiger partial charge in [0.15, 0.2) is 34.7 Å². The highest BCUT2D eigenvalue weighted by molar-refractivity contribution is 8.00. The summed E-state index contributed by atoms with van der Waals surface area (Å²) in [6, 6.07) is 1.11. The molecule has 106 heavy (non-hydrogen) atoms. The second kappa shape index (κ2) is 39.0. The van der Waals surface area contributed by atoms with E-state index in [1.54, 1.807) is 0 Å². The standard InChI is InChI=1S/C79H137N17O8S2/c1-74(2,62(97)34-21-19-29-60-68-58(52-105-60)83-73(103)84-68)80-42-23-13-16-31-64(99)77(7,8)88-55-36-45-93(46-37-55)70-85-71(87-72(86-70)95-49-40-57(41-50-95)90-79(11,12)66(101)33-18-15-25-44-82-76(5,6)67(102)51-54-27-26-28-54)94-47-38-56(39-48-94)89-78(9,10)65(100)32-17-14-24-43-81-75(3,4)63(98)35-22-20-30-61-69-59(53-106-61)91-96(104)92-69/h54-61,68-69,80-82,88-90H,13-53H2,1-12H3,(H3-,83,84,91,92,103,104)/p+1. The number of thioether (sulfide) groups is 2. The monoisotopic (exact) mass is 1520 g/mol. The number of carbonyl (C=O) groups is 7.